The smallest absolute Gasteiger partial charge is 0.255 e. The molecular weight excluding hydrogens is 310 g/mol. The Kier molecular flexibility index (Phi) is 4.80. The van der Waals surface area contributed by atoms with Crippen LogP contribution in [-0.4, -0.2) is 48.4 Å². The van der Waals surface area contributed by atoms with Gasteiger partial charge in [-0.1, -0.05) is 6.92 Å². The van der Waals surface area contributed by atoms with Gasteiger partial charge in [0.25, 0.3) is 5.91 Å². The Balaban J connectivity index is 1.68. The van der Waals surface area contributed by atoms with Gasteiger partial charge in [0.2, 0.25) is 11.8 Å². The maximum absolute atomic E-state index is 12.5. The van der Waals surface area contributed by atoms with E-state index in [-0.39, 0.29) is 18.2 Å². The SMILES string of the molecule is CCNCCOc1ccc2c(c1)CN(C1CCC(=O)NC1=O)C2=O. The van der Waals surface area contributed by atoms with Crippen LogP contribution < -0.4 is 15.4 Å². The molecule has 2 aliphatic heterocycles. The molecule has 0 aliphatic carbocycles. The molecular formula is C17H21N3O4. The first-order valence-corrected chi connectivity index (χ1v) is 8.21. The lowest BCUT2D eigenvalue weighted by molar-refractivity contribution is -0.136. The predicted molar refractivity (Wildman–Crippen MR) is 86.5 cm³/mol. The highest BCUT2D eigenvalue weighted by Crippen LogP contribution is 2.30. The summed E-state index contributed by atoms with van der Waals surface area (Å²) in [4.78, 5) is 37.3. The number of hydrogen-bond acceptors (Lipinski definition) is 5. The van der Waals surface area contributed by atoms with Crippen LogP contribution in [0.25, 0.3) is 0 Å². The number of rotatable bonds is 6. The number of nitrogens with one attached hydrogen (secondary N) is 2. The highest BCUT2D eigenvalue weighted by molar-refractivity contribution is 6.05. The third-order valence-corrected chi connectivity index (χ3v) is 4.29. The minimum absolute atomic E-state index is 0.168. The van der Waals surface area contributed by atoms with Crippen molar-refractivity contribution in [3.8, 4) is 5.75 Å². The second-order valence-electron chi connectivity index (χ2n) is 5.92. The molecule has 0 bridgehead atoms. The van der Waals surface area contributed by atoms with Gasteiger partial charge in [0.1, 0.15) is 18.4 Å². The van der Waals surface area contributed by atoms with Crippen LogP contribution in [0.3, 0.4) is 0 Å². The van der Waals surface area contributed by atoms with Crippen molar-refractivity contribution in [3.05, 3.63) is 29.3 Å². The number of likely N-dealkylation sites (N-methyl/N-ethyl adjacent to an activating group) is 1. The Morgan fingerprint density at radius 1 is 1.33 bits per heavy atom. The van der Waals surface area contributed by atoms with Crippen molar-refractivity contribution < 1.29 is 19.1 Å². The van der Waals surface area contributed by atoms with Gasteiger partial charge in [-0.25, -0.2) is 0 Å². The molecule has 0 spiro atoms. The average molecular weight is 331 g/mol. The van der Waals surface area contributed by atoms with Gasteiger partial charge >= 0.3 is 0 Å². The van der Waals surface area contributed by atoms with Crippen molar-refractivity contribution in [1.82, 2.24) is 15.5 Å². The number of fused-ring (bicyclic) bond motifs is 1. The van der Waals surface area contributed by atoms with Crippen molar-refractivity contribution in [2.24, 2.45) is 0 Å². The summed E-state index contributed by atoms with van der Waals surface area (Å²) >= 11 is 0. The van der Waals surface area contributed by atoms with E-state index in [9.17, 15) is 14.4 Å². The van der Waals surface area contributed by atoms with Crippen LogP contribution in [0.15, 0.2) is 18.2 Å². The lowest BCUT2D eigenvalue weighted by Crippen LogP contribution is -2.52. The molecule has 7 nitrogen and oxygen atoms in total. The van der Waals surface area contributed by atoms with Crippen LogP contribution in [0.1, 0.15) is 35.7 Å². The molecule has 0 aromatic heterocycles. The fourth-order valence-corrected chi connectivity index (χ4v) is 3.06. The van der Waals surface area contributed by atoms with Crippen molar-refractivity contribution >= 4 is 17.7 Å². The van der Waals surface area contributed by atoms with E-state index in [4.69, 9.17) is 4.74 Å². The minimum Gasteiger partial charge on any atom is -0.492 e. The van der Waals surface area contributed by atoms with E-state index >= 15 is 0 Å². The van der Waals surface area contributed by atoms with Gasteiger partial charge in [0.15, 0.2) is 0 Å². The molecule has 1 unspecified atom stereocenters. The van der Waals surface area contributed by atoms with Crippen molar-refractivity contribution in [3.63, 3.8) is 0 Å². The third-order valence-electron chi connectivity index (χ3n) is 4.29. The highest BCUT2D eigenvalue weighted by atomic mass is 16.5. The van der Waals surface area contributed by atoms with E-state index in [1.807, 2.05) is 13.0 Å². The molecule has 1 atom stereocenters. The molecule has 2 aliphatic rings. The van der Waals surface area contributed by atoms with Crippen molar-refractivity contribution in [2.75, 3.05) is 19.7 Å². The topological polar surface area (TPSA) is 87.7 Å². The number of ether oxygens (including phenoxy) is 1. The summed E-state index contributed by atoms with van der Waals surface area (Å²) < 4.78 is 5.67. The minimum atomic E-state index is -0.583. The number of carbonyl (C=O) groups is 3. The van der Waals surface area contributed by atoms with Crippen LogP contribution in [0.4, 0.5) is 0 Å². The maximum Gasteiger partial charge on any atom is 0.255 e. The summed E-state index contributed by atoms with van der Waals surface area (Å²) in [5.41, 5.74) is 1.45. The molecule has 0 radical (unpaired) electrons. The van der Waals surface area contributed by atoms with E-state index in [1.54, 1.807) is 12.1 Å². The average Bonchev–Trinajstić information content (AvgIpc) is 2.88. The van der Waals surface area contributed by atoms with E-state index in [0.717, 1.165) is 18.7 Å². The predicted octanol–water partition coefficient (Wildman–Crippen LogP) is 0.436. The Labute approximate surface area is 140 Å². The van der Waals surface area contributed by atoms with E-state index in [0.29, 0.717) is 30.9 Å². The number of imide groups is 1. The first-order chi connectivity index (χ1) is 11.6. The first kappa shape index (κ1) is 16.4. The summed E-state index contributed by atoms with van der Waals surface area (Å²) in [6.07, 6.45) is 0.631. The molecule has 0 saturated carbocycles. The molecule has 1 aromatic carbocycles. The van der Waals surface area contributed by atoms with Crippen LogP contribution in [0, 0.1) is 0 Å². The molecule has 128 valence electrons. The number of benzene rings is 1. The summed E-state index contributed by atoms with van der Waals surface area (Å²) in [6.45, 7) is 4.60. The standard InChI is InChI=1S/C17H21N3O4/c1-2-18-7-8-24-12-3-4-13-11(9-12)10-20(17(13)23)14-5-6-15(21)19-16(14)22/h3-4,9,14,18H,2,5-8,10H2,1H3,(H,19,21,22). The monoisotopic (exact) mass is 331 g/mol. The molecule has 1 saturated heterocycles. The quantitative estimate of drug-likeness (QED) is 0.583. The molecule has 2 heterocycles. The number of piperidine rings is 1. The summed E-state index contributed by atoms with van der Waals surface area (Å²) in [5, 5.41) is 5.48. The van der Waals surface area contributed by atoms with Gasteiger partial charge in [0, 0.05) is 25.1 Å². The van der Waals surface area contributed by atoms with Gasteiger partial charge in [-0.3, -0.25) is 19.7 Å². The Bertz CT molecular complexity index is 674. The molecule has 3 rings (SSSR count). The molecule has 7 heteroatoms. The molecule has 1 aromatic rings. The van der Waals surface area contributed by atoms with E-state index in [2.05, 4.69) is 10.6 Å². The largest absolute Gasteiger partial charge is 0.492 e. The van der Waals surface area contributed by atoms with Crippen LogP contribution in [-0.2, 0) is 16.1 Å². The zero-order valence-electron chi connectivity index (χ0n) is 13.6. The Hall–Kier alpha value is -2.41. The van der Waals surface area contributed by atoms with Gasteiger partial charge in [0.05, 0.1) is 0 Å². The zero-order chi connectivity index (χ0) is 17.1. The highest BCUT2D eigenvalue weighted by Gasteiger charge is 2.39. The van der Waals surface area contributed by atoms with Crippen LogP contribution in [0.5, 0.6) is 5.75 Å². The number of amides is 3. The Morgan fingerprint density at radius 2 is 2.17 bits per heavy atom. The van der Waals surface area contributed by atoms with Crippen molar-refractivity contribution in [1.29, 1.82) is 0 Å². The summed E-state index contributed by atoms with van der Waals surface area (Å²) in [7, 11) is 0. The van der Waals surface area contributed by atoms with Gasteiger partial charge in [-0.2, -0.15) is 0 Å². The zero-order valence-corrected chi connectivity index (χ0v) is 13.6. The molecule has 2 N–H and O–H groups in total. The van der Waals surface area contributed by atoms with E-state index in [1.165, 1.54) is 4.90 Å². The normalized spacial score (nSPS) is 20.1. The Morgan fingerprint density at radius 3 is 2.92 bits per heavy atom. The second-order valence-corrected chi connectivity index (χ2v) is 5.92. The van der Waals surface area contributed by atoms with Crippen LogP contribution in [0.2, 0.25) is 0 Å². The molecule has 1 fully saturated rings. The summed E-state index contributed by atoms with van der Waals surface area (Å²) in [6, 6.07) is 4.79. The fourth-order valence-electron chi connectivity index (χ4n) is 3.06. The lowest BCUT2D eigenvalue weighted by atomic mass is 10.0. The van der Waals surface area contributed by atoms with Crippen LogP contribution >= 0.6 is 0 Å². The number of nitrogens with zero attached hydrogens (tertiary/aromatic N) is 1. The van der Waals surface area contributed by atoms with Gasteiger partial charge in [-0.05, 0) is 36.7 Å². The molecule has 3 amide bonds. The first-order valence-electron chi connectivity index (χ1n) is 8.21. The lowest BCUT2D eigenvalue weighted by Gasteiger charge is -2.29. The summed E-state index contributed by atoms with van der Waals surface area (Å²) in [5.74, 6) is -0.130. The number of hydrogen-bond donors (Lipinski definition) is 2. The maximum atomic E-state index is 12.5. The fraction of sp³-hybridized carbons (Fsp3) is 0.471. The number of carbonyl (C=O) groups excluding carboxylic acids is 3. The molecule has 24 heavy (non-hydrogen) atoms. The third kappa shape index (κ3) is 3.26. The van der Waals surface area contributed by atoms with Gasteiger partial charge in [-0.15, -0.1) is 0 Å². The second kappa shape index (κ2) is 7.00. The van der Waals surface area contributed by atoms with E-state index < -0.39 is 11.9 Å². The van der Waals surface area contributed by atoms with Crippen molar-refractivity contribution in [2.45, 2.75) is 32.4 Å². The van der Waals surface area contributed by atoms with Gasteiger partial charge < -0.3 is 15.0 Å².